The van der Waals surface area contributed by atoms with E-state index in [9.17, 15) is 14.4 Å². The third kappa shape index (κ3) is 4.30. The van der Waals surface area contributed by atoms with Gasteiger partial charge >= 0.3 is 6.09 Å². The summed E-state index contributed by atoms with van der Waals surface area (Å²) in [5, 5.41) is 0. The lowest BCUT2D eigenvalue weighted by Crippen LogP contribution is -2.39. The Morgan fingerprint density at radius 1 is 1.03 bits per heavy atom. The Labute approximate surface area is 211 Å². The Bertz CT molecular complexity index is 1270. The molecule has 0 spiro atoms. The Kier molecular flexibility index (Phi) is 5.94. The van der Waals surface area contributed by atoms with Gasteiger partial charge in [0.15, 0.2) is 6.23 Å². The Balaban J connectivity index is 1.44. The maximum Gasteiger partial charge on any atom is 0.417 e. The predicted molar refractivity (Wildman–Crippen MR) is 133 cm³/mol. The maximum atomic E-state index is 13.5. The van der Waals surface area contributed by atoms with Crippen LogP contribution in [0.4, 0.5) is 4.79 Å². The number of rotatable bonds is 4. The van der Waals surface area contributed by atoms with Crippen molar-refractivity contribution >= 4 is 17.9 Å². The van der Waals surface area contributed by atoms with Crippen LogP contribution in [-0.2, 0) is 32.0 Å². The molecule has 2 aromatic rings. The number of carbonyl (C=O) groups excluding carboxylic acids is 3. The van der Waals surface area contributed by atoms with E-state index in [4.69, 9.17) is 9.47 Å². The molecule has 0 saturated carbocycles. The van der Waals surface area contributed by atoms with E-state index in [0.717, 1.165) is 16.7 Å². The average molecular weight is 487 g/mol. The zero-order valence-electron chi connectivity index (χ0n) is 20.9. The fourth-order valence-corrected chi connectivity index (χ4v) is 5.16. The second-order valence-corrected chi connectivity index (χ2v) is 10.5. The summed E-state index contributed by atoms with van der Waals surface area (Å²) in [4.78, 5) is 42.3. The Hall–Kier alpha value is -3.87. The summed E-state index contributed by atoms with van der Waals surface area (Å²) in [5.41, 5.74) is 3.29. The number of amides is 3. The lowest BCUT2D eigenvalue weighted by molar-refractivity contribution is -0.132. The van der Waals surface area contributed by atoms with Gasteiger partial charge in [0.25, 0.3) is 11.8 Å². The van der Waals surface area contributed by atoms with Crippen LogP contribution < -0.4 is 0 Å². The van der Waals surface area contributed by atoms with Gasteiger partial charge in [0.2, 0.25) is 0 Å². The van der Waals surface area contributed by atoms with Crippen LogP contribution >= 0.6 is 0 Å². The molecule has 3 unspecified atom stereocenters. The molecule has 3 atom stereocenters. The summed E-state index contributed by atoms with van der Waals surface area (Å²) >= 11 is 0. The first kappa shape index (κ1) is 23.9. The van der Waals surface area contributed by atoms with Crippen molar-refractivity contribution in [1.29, 1.82) is 0 Å². The van der Waals surface area contributed by atoms with E-state index in [-0.39, 0.29) is 11.8 Å². The lowest BCUT2D eigenvalue weighted by atomic mass is 9.97. The number of ether oxygens (including phenoxy) is 2. The van der Waals surface area contributed by atoms with Crippen LogP contribution in [0.15, 0.2) is 78.1 Å². The molecule has 1 aliphatic carbocycles. The minimum absolute atomic E-state index is 0.110. The first-order valence-corrected chi connectivity index (χ1v) is 12.2. The molecule has 7 nitrogen and oxygen atoms in total. The van der Waals surface area contributed by atoms with Crippen molar-refractivity contribution in [3.63, 3.8) is 0 Å². The number of benzene rings is 2. The largest absolute Gasteiger partial charge is 0.474 e. The number of fused-ring (bicyclic) bond motifs is 3. The third-order valence-corrected chi connectivity index (χ3v) is 6.76. The summed E-state index contributed by atoms with van der Waals surface area (Å²) in [5.74, 6) is -0.776. The minimum Gasteiger partial charge on any atom is -0.474 e. The van der Waals surface area contributed by atoms with Crippen LogP contribution in [0.25, 0.3) is 0 Å². The molecular weight excluding hydrogens is 456 g/mol. The zero-order chi connectivity index (χ0) is 25.6. The number of carbonyl (C=O) groups is 3. The molecule has 0 bridgehead atoms. The van der Waals surface area contributed by atoms with Crippen molar-refractivity contribution in [2.75, 3.05) is 0 Å². The average Bonchev–Trinajstić information content (AvgIpc) is 3.41. The van der Waals surface area contributed by atoms with Gasteiger partial charge in [0, 0.05) is 18.0 Å². The monoisotopic (exact) mass is 486 g/mol. The van der Waals surface area contributed by atoms with Crippen LogP contribution in [0.2, 0.25) is 0 Å². The zero-order valence-corrected chi connectivity index (χ0v) is 20.9. The number of imide groups is 1. The van der Waals surface area contributed by atoms with Crippen LogP contribution in [0.1, 0.15) is 50.4 Å². The van der Waals surface area contributed by atoms with E-state index < -0.39 is 29.9 Å². The van der Waals surface area contributed by atoms with E-state index >= 15 is 0 Å². The molecular formula is C29H30N2O5. The molecule has 2 heterocycles. The van der Waals surface area contributed by atoms with Gasteiger partial charge in [-0.05, 0) is 56.9 Å². The summed E-state index contributed by atoms with van der Waals surface area (Å²) < 4.78 is 11.7. The number of likely N-dealkylation sites (tertiary alicyclic amines) is 1. The van der Waals surface area contributed by atoms with Crippen LogP contribution in [0.3, 0.4) is 0 Å². The van der Waals surface area contributed by atoms with E-state index in [1.807, 2.05) is 54.6 Å². The van der Waals surface area contributed by atoms with E-state index in [1.54, 1.807) is 38.7 Å². The van der Waals surface area contributed by atoms with E-state index in [1.165, 1.54) is 11.2 Å². The van der Waals surface area contributed by atoms with Crippen LogP contribution in [0.5, 0.6) is 0 Å². The second-order valence-electron chi connectivity index (χ2n) is 10.5. The standard InChI is InChI=1S/C29H30N2O5/c1-18-14-24(30(26(18)32)16-19-10-6-5-7-11-19)35-17-23-22-15-20-12-8-9-13-21(20)25(22)31(27(23)33)28(34)36-29(2,3)4/h5-14,17,22,24-25H,15-16H2,1-4H3. The summed E-state index contributed by atoms with van der Waals surface area (Å²) in [6.45, 7) is 7.47. The smallest absolute Gasteiger partial charge is 0.417 e. The quantitative estimate of drug-likeness (QED) is 0.454. The van der Waals surface area contributed by atoms with Gasteiger partial charge in [0.05, 0.1) is 17.9 Å². The van der Waals surface area contributed by atoms with Crippen molar-refractivity contribution in [3.05, 3.63) is 94.8 Å². The molecule has 1 fully saturated rings. The highest BCUT2D eigenvalue weighted by molar-refractivity contribution is 6.06. The molecule has 2 aromatic carbocycles. The SMILES string of the molecule is CC1=CC(OC=C2C(=O)N(C(=O)OC(C)(C)C)C3c4ccccc4CC23)N(Cc2ccccc2)C1=O. The first-order chi connectivity index (χ1) is 17.1. The second kappa shape index (κ2) is 8.97. The minimum atomic E-state index is -0.738. The van der Waals surface area contributed by atoms with Crippen molar-refractivity contribution < 1.29 is 23.9 Å². The molecule has 5 rings (SSSR count). The molecule has 7 heteroatoms. The van der Waals surface area contributed by atoms with Gasteiger partial charge in [-0.3, -0.25) is 14.5 Å². The fourth-order valence-electron chi connectivity index (χ4n) is 5.16. The molecule has 2 aliphatic heterocycles. The van der Waals surface area contributed by atoms with Crippen molar-refractivity contribution in [3.8, 4) is 0 Å². The van der Waals surface area contributed by atoms with Gasteiger partial charge in [-0.25, -0.2) is 9.69 Å². The molecule has 3 amide bonds. The van der Waals surface area contributed by atoms with E-state index in [2.05, 4.69) is 0 Å². The molecule has 3 aliphatic rings. The predicted octanol–water partition coefficient (Wildman–Crippen LogP) is 4.89. The fraction of sp³-hybridized carbons (Fsp3) is 0.345. The molecule has 0 radical (unpaired) electrons. The Morgan fingerprint density at radius 3 is 2.44 bits per heavy atom. The van der Waals surface area contributed by atoms with Crippen molar-refractivity contribution in [2.45, 2.75) is 58.5 Å². The van der Waals surface area contributed by atoms with Gasteiger partial charge in [-0.2, -0.15) is 0 Å². The number of hydrogen-bond donors (Lipinski definition) is 0. The summed E-state index contributed by atoms with van der Waals surface area (Å²) in [6, 6.07) is 17.1. The summed E-state index contributed by atoms with van der Waals surface area (Å²) in [6.07, 6.45) is 2.51. The van der Waals surface area contributed by atoms with Gasteiger partial charge in [-0.1, -0.05) is 54.6 Å². The lowest BCUT2D eigenvalue weighted by Gasteiger charge is -2.27. The third-order valence-electron chi connectivity index (χ3n) is 6.76. The maximum absolute atomic E-state index is 13.5. The topological polar surface area (TPSA) is 76.2 Å². The highest BCUT2D eigenvalue weighted by atomic mass is 16.6. The van der Waals surface area contributed by atoms with E-state index in [0.29, 0.717) is 24.1 Å². The van der Waals surface area contributed by atoms with Crippen molar-refractivity contribution in [2.24, 2.45) is 5.92 Å². The molecule has 36 heavy (non-hydrogen) atoms. The Morgan fingerprint density at radius 2 is 1.72 bits per heavy atom. The molecule has 1 saturated heterocycles. The molecule has 0 aromatic heterocycles. The normalized spacial score (nSPS) is 24.2. The van der Waals surface area contributed by atoms with Crippen LogP contribution in [-0.4, -0.2) is 39.5 Å². The molecule has 186 valence electrons. The number of nitrogens with zero attached hydrogens (tertiary/aromatic N) is 2. The summed E-state index contributed by atoms with van der Waals surface area (Å²) in [7, 11) is 0. The molecule has 0 N–H and O–H groups in total. The highest BCUT2D eigenvalue weighted by Gasteiger charge is 2.53. The van der Waals surface area contributed by atoms with Gasteiger partial charge < -0.3 is 9.47 Å². The van der Waals surface area contributed by atoms with Gasteiger partial charge in [-0.15, -0.1) is 0 Å². The van der Waals surface area contributed by atoms with Crippen molar-refractivity contribution in [1.82, 2.24) is 9.80 Å². The highest BCUT2D eigenvalue weighted by Crippen LogP contribution is 2.50. The van der Waals surface area contributed by atoms with Crippen LogP contribution in [0, 0.1) is 5.92 Å². The first-order valence-electron chi connectivity index (χ1n) is 12.2. The number of hydrogen-bond acceptors (Lipinski definition) is 5. The van der Waals surface area contributed by atoms with Gasteiger partial charge in [0.1, 0.15) is 5.60 Å².